The molecule has 2 aliphatic rings. The van der Waals surface area contributed by atoms with Crippen LogP contribution < -0.4 is 5.73 Å². The molecule has 11 heteroatoms. The number of rotatable bonds is 5. The van der Waals surface area contributed by atoms with Crippen LogP contribution in [0.3, 0.4) is 0 Å². The second-order valence-corrected chi connectivity index (χ2v) is 11.1. The summed E-state index contributed by atoms with van der Waals surface area (Å²) in [6, 6.07) is 8.37. The Morgan fingerprint density at radius 1 is 1.33 bits per heavy atom. The molecule has 4 rings (SSSR count). The van der Waals surface area contributed by atoms with Crippen LogP contribution in [0.25, 0.3) is 11.9 Å². The van der Waals surface area contributed by atoms with Crippen molar-refractivity contribution >= 4 is 40.7 Å². The molecule has 2 N–H and O–H groups in total. The highest BCUT2D eigenvalue weighted by molar-refractivity contribution is 8.14. The van der Waals surface area contributed by atoms with E-state index in [1.54, 1.807) is 6.92 Å². The number of benzene rings is 1. The molecule has 1 fully saturated rings. The number of pyridine rings is 1. The predicted molar refractivity (Wildman–Crippen MR) is 145 cm³/mol. The van der Waals surface area contributed by atoms with Crippen LogP contribution in [0, 0.1) is 23.1 Å². The third kappa shape index (κ3) is 5.81. The normalized spacial score (nSPS) is 25.4. The largest absolute Gasteiger partial charge is 0.467 e. The monoisotopic (exact) mass is 553 g/mol. The molecule has 1 aromatic carbocycles. The Bertz CT molecular complexity index is 1370. The van der Waals surface area contributed by atoms with Crippen LogP contribution in [0.15, 0.2) is 41.5 Å². The maximum Gasteiger partial charge on any atom is 0.328 e. The van der Waals surface area contributed by atoms with E-state index in [-0.39, 0.29) is 28.3 Å². The number of nitriles is 1. The summed E-state index contributed by atoms with van der Waals surface area (Å²) in [6.45, 7) is 4.06. The molecule has 1 unspecified atom stereocenters. The zero-order valence-electron chi connectivity index (χ0n) is 21.9. The fourth-order valence-corrected chi connectivity index (χ4v) is 6.18. The van der Waals surface area contributed by atoms with Gasteiger partial charge in [0.05, 0.1) is 29.2 Å². The van der Waals surface area contributed by atoms with Crippen LogP contribution in [-0.4, -0.2) is 51.9 Å². The highest BCUT2D eigenvalue weighted by atomic mass is 32.2. The number of nitrogens with zero attached hydrogens (tertiary/aromatic N) is 4. The summed E-state index contributed by atoms with van der Waals surface area (Å²) in [5, 5.41) is 8.44. The summed E-state index contributed by atoms with van der Waals surface area (Å²) in [4.78, 5) is 35.8. The topological polar surface area (TPSA) is 122 Å². The minimum absolute atomic E-state index is 0.0427. The molecule has 0 aliphatic carbocycles. The van der Waals surface area contributed by atoms with E-state index in [2.05, 4.69) is 9.98 Å². The van der Waals surface area contributed by atoms with Crippen molar-refractivity contribution in [3.8, 4) is 6.07 Å². The summed E-state index contributed by atoms with van der Waals surface area (Å²) in [6.07, 6.45) is 4.07. The molecule has 4 atom stereocenters. The Balaban J connectivity index is 1.62. The number of likely N-dealkylation sites (tertiary alicyclic amines) is 1. The van der Waals surface area contributed by atoms with Crippen molar-refractivity contribution in [2.75, 3.05) is 13.7 Å². The lowest BCUT2D eigenvalue weighted by molar-refractivity contribution is -0.150. The smallest absolute Gasteiger partial charge is 0.328 e. The first-order chi connectivity index (χ1) is 18.6. The lowest BCUT2D eigenvalue weighted by atomic mass is 9.78. The number of nitrogens with two attached hydrogens (primary N) is 1. The van der Waals surface area contributed by atoms with Crippen molar-refractivity contribution < 1.29 is 23.1 Å². The van der Waals surface area contributed by atoms with E-state index in [1.165, 1.54) is 54.6 Å². The van der Waals surface area contributed by atoms with Gasteiger partial charge in [-0.15, -0.1) is 0 Å². The molecule has 2 aliphatic heterocycles. The molecule has 1 amide bonds. The molecule has 0 saturated carbocycles. The van der Waals surface area contributed by atoms with Gasteiger partial charge in [-0.05, 0) is 68.0 Å². The first kappa shape index (κ1) is 28.2. The predicted octanol–water partition coefficient (Wildman–Crippen LogP) is 4.40. The molecule has 204 valence electrons. The first-order valence-corrected chi connectivity index (χ1v) is 13.4. The van der Waals surface area contributed by atoms with Crippen molar-refractivity contribution in [1.29, 1.82) is 5.26 Å². The minimum atomic E-state index is -1.14. The van der Waals surface area contributed by atoms with E-state index in [1.807, 2.05) is 13.0 Å². The SMILES string of the molecule is COC(=O)[C@H]1CCCN1C(=O)[C@H]1CC(C)[C@@](C)(c2cc(/C=C(\F)c3ccc(C#N)cn3)ccc2F)N=C(N)S1. The molecular weight excluding hydrogens is 524 g/mol. The molecule has 39 heavy (non-hydrogen) atoms. The van der Waals surface area contributed by atoms with E-state index in [0.717, 1.165) is 11.8 Å². The van der Waals surface area contributed by atoms with Crippen molar-refractivity contribution in [3.63, 3.8) is 0 Å². The number of esters is 1. The van der Waals surface area contributed by atoms with Crippen LogP contribution in [0.1, 0.15) is 55.5 Å². The number of carbonyl (C=O) groups is 2. The molecule has 2 aromatic rings. The number of carbonyl (C=O) groups excluding carboxylic acids is 2. The Morgan fingerprint density at radius 2 is 2.10 bits per heavy atom. The van der Waals surface area contributed by atoms with Crippen LogP contribution >= 0.6 is 11.8 Å². The summed E-state index contributed by atoms with van der Waals surface area (Å²) in [5.74, 6) is -2.19. The number of hydrogen-bond donors (Lipinski definition) is 1. The number of amides is 1. The molecule has 1 aromatic heterocycles. The van der Waals surface area contributed by atoms with E-state index in [9.17, 15) is 14.0 Å². The summed E-state index contributed by atoms with van der Waals surface area (Å²) >= 11 is 1.10. The fourth-order valence-electron chi connectivity index (χ4n) is 5.03. The van der Waals surface area contributed by atoms with Gasteiger partial charge in [-0.1, -0.05) is 24.8 Å². The summed E-state index contributed by atoms with van der Waals surface area (Å²) in [7, 11) is 1.30. The number of amidine groups is 1. The Kier molecular flexibility index (Phi) is 8.35. The number of aromatic nitrogens is 1. The van der Waals surface area contributed by atoms with Crippen molar-refractivity contribution in [2.45, 2.75) is 49.9 Å². The molecule has 0 bridgehead atoms. The van der Waals surface area contributed by atoms with Gasteiger partial charge in [0.15, 0.2) is 5.17 Å². The highest BCUT2D eigenvalue weighted by Gasteiger charge is 2.44. The fraction of sp³-hybridized carbons (Fsp3) is 0.393. The van der Waals surface area contributed by atoms with Gasteiger partial charge in [0.25, 0.3) is 0 Å². The lowest BCUT2D eigenvalue weighted by Gasteiger charge is -2.33. The molecular formula is C28H29F2N5O3S. The number of hydrogen-bond acceptors (Lipinski definition) is 8. The van der Waals surface area contributed by atoms with E-state index >= 15 is 4.39 Å². The molecule has 1 saturated heterocycles. The van der Waals surface area contributed by atoms with Gasteiger partial charge in [0.2, 0.25) is 5.91 Å². The number of thioether (sulfide) groups is 1. The van der Waals surface area contributed by atoms with Gasteiger partial charge in [0, 0.05) is 18.3 Å². The van der Waals surface area contributed by atoms with Crippen molar-refractivity contribution in [1.82, 2.24) is 9.88 Å². The van der Waals surface area contributed by atoms with E-state index < -0.39 is 34.4 Å². The zero-order chi connectivity index (χ0) is 28.3. The van der Waals surface area contributed by atoms with Crippen molar-refractivity contribution in [3.05, 3.63) is 64.7 Å². The van der Waals surface area contributed by atoms with Gasteiger partial charge in [0.1, 0.15) is 23.8 Å². The summed E-state index contributed by atoms with van der Waals surface area (Å²) < 4.78 is 35.1. The lowest BCUT2D eigenvalue weighted by Crippen LogP contribution is -2.46. The Morgan fingerprint density at radius 3 is 2.77 bits per heavy atom. The summed E-state index contributed by atoms with van der Waals surface area (Å²) in [5.41, 5.74) is 6.06. The van der Waals surface area contributed by atoms with Gasteiger partial charge in [-0.2, -0.15) is 5.26 Å². The van der Waals surface area contributed by atoms with E-state index in [4.69, 9.17) is 15.7 Å². The van der Waals surface area contributed by atoms with Gasteiger partial charge in [-0.3, -0.25) is 14.8 Å². The van der Waals surface area contributed by atoms with Gasteiger partial charge >= 0.3 is 5.97 Å². The third-order valence-electron chi connectivity index (χ3n) is 7.38. The number of halogens is 2. The van der Waals surface area contributed by atoms with E-state index in [0.29, 0.717) is 36.9 Å². The maximum atomic E-state index is 15.3. The Hall–Kier alpha value is -3.78. The molecule has 0 radical (unpaired) electrons. The van der Waals surface area contributed by atoms with Crippen LogP contribution in [-0.2, 0) is 19.9 Å². The average molecular weight is 554 g/mol. The highest BCUT2D eigenvalue weighted by Crippen LogP contribution is 2.43. The number of ether oxygens (including phenoxy) is 1. The minimum Gasteiger partial charge on any atom is -0.467 e. The quantitative estimate of drug-likeness (QED) is 0.545. The number of aliphatic imine (C=N–C) groups is 1. The van der Waals surface area contributed by atoms with Gasteiger partial charge < -0.3 is 15.4 Å². The van der Waals surface area contributed by atoms with Crippen LogP contribution in [0.5, 0.6) is 0 Å². The van der Waals surface area contributed by atoms with Gasteiger partial charge in [-0.25, -0.2) is 13.6 Å². The number of methoxy groups -OCH3 is 1. The third-order valence-corrected chi connectivity index (χ3v) is 8.39. The molecule has 0 spiro atoms. The van der Waals surface area contributed by atoms with Crippen molar-refractivity contribution in [2.24, 2.45) is 16.6 Å². The van der Waals surface area contributed by atoms with Crippen LogP contribution in [0.4, 0.5) is 8.78 Å². The molecule has 3 heterocycles. The van der Waals surface area contributed by atoms with Crippen LogP contribution in [0.2, 0.25) is 0 Å². The second kappa shape index (κ2) is 11.5. The average Bonchev–Trinajstić information content (AvgIpc) is 3.38. The standard InChI is InChI=1S/C28H29F2N5O3S/c1-16-11-24(25(36)35-10-4-5-23(35)26(37)38-3)39-27(32)34-28(16,2)19-12-17(6-8-20(19)29)13-21(30)22-9-7-18(14-31)15-33-22/h6-9,12-13,15-16,23-24H,4-5,10-11H2,1-3H3,(H2,32,34)/b21-13-/t16?,23-,24-,28+/m1/s1. The first-order valence-electron chi connectivity index (χ1n) is 12.5. The Labute approximate surface area is 229 Å². The molecule has 8 nitrogen and oxygen atoms in total. The second-order valence-electron chi connectivity index (χ2n) is 9.83. The maximum absolute atomic E-state index is 15.3. The zero-order valence-corrected chi connectivity index (χ0v) is 22.7.